The number of aromatic nitrogens is 1. The van der Waals surface area contributed by atoms with E-state index in [1.165, 1.54) is 32.7 Å². The fourth-order valence-electron chi connectivity index (χ4n) is 3.76. The van der Waals surface area contributed by atoms with Gasteiger partial charge in [-0.1, -0.05) is 47.7 Å². The van der Waals surface area contributed by atoms with E-state index in [2.05, 4.69) is 4.98 Å². The molecule has 156 valence electrons. The third-order valence-corrected chi connectivity index (χ3v) is 8.31. The van der Waals surface area contributed by atoms with Crippen LogP contribution in [0.3, 0.4) is 0 Å². The predicted molar refractivity (Wildman–Crippen MR) is 123 cm³/mol. The van der Waals surface area contributed by atoms with Gasteiger partial charge in [-0.2, -0.15) is 0 Å². The van der Waals surface area contributed by atoms with Gasteiger partial charge in [0.25, 0.3) is 15.9 Å². The van der Waals surface area contributed by atoms with Gasteiger partial charge >= 0.3 is 0 Å². The molecule has 0 fully saturated rings. The van der Waals surface area contributed by atoms with E-state index in [1.54, 1.807) is 19.2 Å². The van der Waals surface area contributed by atoms with Crippen LogP contribution in [0.2, 0.25) is 0 Å². The molecule has 1 aromatic heterocycles. The Kier molecular flexibility index (Phi) is 4.75. The van der Waals surface area contributed by atoms with Gasteiger partial charge in [0, 0.05) is 19.2 Å². The summed E-state index contributed by atoms with van der Waals surface area (Å²) in [5, 5.41) is 0.563. The summed E-state index contributed by atoms with van der Waals surface area (Å²) in [6, 6.07) is 21.4. The lowest BCUT2D eigenvalue weighted by Gasteiger charge is -2.20. The summed E-state index contributed by atoms with van der Waals surface area (Å²) in [5.74, 6) is -0.307. The van der Waals surface area contributed by atoms with Gasteiger partial charge in [-0.25, -0.2) is 13.4 Å². The number of anilines is 2. The highest BCUT2D eigenvalue weighted by Crippen LogP contribution is 2.33. The fourth-order valence-corrected chi connectivity index (χ4v) is 6.23. The van der Waals surface area contributed by atoms with E-state index < -0.39 is 10.0 Å². The van der Waals surface area contributed by atoms with Crippen LogP contribution in [0.5, 0.6) is 0 Å². The van der Waals surface area contributed by atoms with Crippen molar-refractivity contribution in [2.75, 3.05) is 22.8 Å². The van der Waals surface area contributed by atoms with Crippen molar-refractivity contribution in [3.63, 3.8) is 0 Å². The molecule has 0 radical (unpaired) electrons. The number of nitrogens with zero attached hydrogens (tertiary/aromatic N) is 3. The van der Waals surface area contributed by atoms with Gasteiger partial charge in [0.15, 0.2) is 5.13 Å². The maximum atomic E-state index is 13.3. The summed E-state index contributed by atoms with van der Waals surface area (Å²) >= 11 is 1.42. The fraction of sp³-hybridized carbons (Fsp3) is 0.130. The highest BCUT2D eigenvalue weighted by atomic mass is 32.2. The van der Waals surface area contributed by atoms with Gasteiger partial charge in [-0.15, -0.1) is 0 Å². The number of carbonyl (C=O) groups excluding carboxylic acids is 1. The number of hydrogen-bond donors (Lipinski definition) is 0. The zero-order valence-electron chi connectivity index (χ0n) is 16.7. The van der Waals surface area contributed by atoms with Crippen molar-refractivity contribution >= 4 is 48.3 Å². The van der Waals surface area contributed by atoms with Crippen molar-refractivity contribution in [2.24, 2.45) is 0 Å². The molecule has 6 nitrogen and oxygen atoms in total. The SMILES string of the molecule is CN(C(=O)c1cccc(S(=O)(=O)N2CCc3ccccc32)c1)c1nc2ccccc2s1. The second kappa shape index (κ2) is 7.47. The van der Waals surface area contributed by atoms with Crippen LogP contribution < -0.4 is 9.21 Å². The topological polar surface area (TPSA) is 70.6 Å². The van der Waals surface area contributed by atoms with Gasteiger partial charge in [0.1, 0.15) is 0 Å². The minimum Gasteiger partial charge on any atom is -0.287 e. The molecule has 0 aliphatic carbocycles. The van der Waals surface area contributed by atoms with E-state index in [0.29, 0.717) is 29.3 Å². The molecular weight excluding hydrogens is 430 g/mol. The molecule has 0 spiro atoms. The number of amides is 1. The van der Waals surface area contributed by atoms with Gasteiger partial charge in [-0.05, 0) is 48.4 Å². The van der Waals surface area contributed by atoms with Gasteiger partial charge < -0.3 is 0 Å². The molecule has 0 atom stereocenters. The summed E-state index contributed by atoms with van der Waals surface area (Å²) in [7, 11) is -2.12. The molecule has 8 heteroatoms. The van der Waals surface area contributed by atoms with Crippen molar-refractivity contribution in [1.29, 1.82) is 0 Å². The van der Waals surface area contributed by atoms with Gasteiger partial charge in [0.2, 0.25) is 0 Å². The summed E-state index contributed by atoms with van der Waals surface area (Å²) in [6.45, 7) is 0.394. The summed E-state index contributed by atoms with van der Waals surface area (Å²) in [5.41, 5.74) is 2.83. The van der Waals surface area contributed by atoms with Crippen LogP contribution in [0.25, 0.3) is 10.2 Å². The van der Waals surface area contributed by atoms with Crippen molar-refractivity contribution in [3.8, 4) is 0 Å². The van der Waals surface area contributed by atoms with Crippen molar-refractivity contribution in [1.82, 2.24) is 4.98 Å². The van der Waals surface area contributed by atoms with Crippen LogP contribution in [-0.4, -0.2) is 32.9 Å². The van der Waals surface area contributed by atoms with Gasteiger partial charge in [0.05, 0.1) is 20.8 Å². The standard InChI is InChI=1S/C23H19N3O3S2/c1-25(23-24-19-10-3-5-12-21(19)30-23)22(27)17-8-6-9-18(15-17)31(28,29)26-14-13-16-7-2-4-11-20(16)26/h2-12,15H,13-14H2,1H3. The maximum absolute atomic E-state index is 13.3. The summed E-state index contributed by atoms with van der Waals surface area (Å²) in [4.78, 5) is 19.2. The molecule has 1 amide bonds. The lowest BCUT2D eigenvalue weighted by atomic mass is 10.2. The second-order valence-corrected chi connectivity index (χ2v) is 10.2. The Morgan fingerprint density at radius 1 is 1.03 bits per heavy atom. The number of carbonyl (C=O) groups is 1. The number of thiazole rings is 1. The zero-order valence-corrected chi connectivity index (χ0v) is 18.4. The molecule has 31 heavy (non-hydrogen) atoms. The first kappa shape index (κ1) is 19.7. The molecule has 1 aliphatic heterocycles. The predicted octanol–water partition coefficient (Wildman–Crippen LogP) is 4.32. The van der Waals surface area contributed by atoms with E-state index in [9.17, 15) is 13.2 Å². The molecule has 5 rings (SSSR count). The zero-order chi connectivity index (χ0) is 21.6. The number of hydrogen-bond acceptors (Lipinski definition) is 5. The van der Waals surface area contributed by atoms with Crippen LogP contribution in [0.1, 0.15) is 15.9 Å². The lowest BCUT2D eigenvalue weighted by molar-refractivity contribution is 0.0993. The van der Waals surface area contributed by atoms with E-state index in [-0.39, 0.29) is 10.8 Å². The van der Waals surface area contributed by atoms with Crippen LogP contribution in [0.4, 0.5) is 10.8 Å². The third kappa shape index (κ3) is 3.37. The Morgan fingerprint density at radius 2 is 1.81 bits per heavy atom. The number of rotatable bonds is 4. The minimum atomic E-state index is -3.77. The third-order valence-electron chi connectivity index (χ3n) is 5.39. The highest BCUT2D eigenvalue weighted by molar-refractivity contribution is 7.92. The van der Waals surface area contributed by atoms with Crippen LogP contribution >= 0.6 is 11.3 Å². The number of para-hydroxylation sites is 2. The molecular formula is C23H19N3O3S2. The van der Waals surface area contributed by atoms with Crippen molar-refractivity contribution < 1.29 is 13.2 Å². The van der Waals surface area contributed by atoms with E-state index in [4.69, 9.17) is 0 Å². The van der Waals surface area contributed by atoms with E-state index in [0.717, 1.165) is 15.8 Å². The lowest BCUT2D eigenvalue weighted by Crippen LogP contribution is -2.30. The average molecular weight is 450 g/mol. The Morgan fingerprint density at radius 3 is 2.65 bits per heavy atom. The largest absolute Gasteiger partial charge is 0.287 e. The molecule has 0 saturated heterocycles. The quantitative estimate of drug-likeness (QED) is 0.465. The Balaban J connectivity index is 1.46. The average Bonchev–Trinajstić information content (AvgIpc) is 3.43. The number of fused-ring (bicyclic) bond motifs is 2. The number of benzene rings is 3. The highest BCUT2D eigenvalue weighted by Gasteiger charge is 2.31. The van der Waals surface area contributed by atoms with Crippen LogP contribution in [0.15, 0.2) is 77.7 Å². The monoisotopic (exact) mass is 449 g/mol. The van der Waals surface area contributed by atoms with Crippen LogP contribution in [-0.2, 0) is 16.4 Å². The normalized spacial score (nSPS) is 13.4. The molecule has 4 aromatic rings. The Labute approximate surface area is 184 Å². The number of sulfonamides is 1. The Bertz CT molecular complexity index is 1380. The Hall–Kier alpha value is -3.23. The smallest absolute Gasteiger partial charge is 0.264 e. The first-order valence-corrected chi connectivity index (χ1v) is 12.1. The van der Waals surface area contributed by atoms with E-state index in [1.807, 2.05) is 48.5 Å². The second-order valence-electron chi connectivity index (χ2n) is 7.31. The van der Waals surface area contributed by atoms with Gasteiger partial charge in [-0.3, -0.25) is 14.0 Å². The molecule has 0 unspecified atom stereocenters. The first-order valence-electron chi connectivity index (χ1n) is 9.79. The molecule has 0 bridgehead atoms. The minimum absolute atomic E-state index is 0.104. The summed E-state index contributed by atoms with van der Waals surface area (Å²) in [6.07, 6.45) is 0.675. The van der Waals surface area contributed by atoms with Crippen molar-refractivity contribution in [3.05, 3.63) is 83.9 Å². The first-order chi connectivity index (χ1) is 14.9. The van der Waals surface area contributed by atoms with Crippen LogP contribution in [0, 0.1) is 0 Å². The molecule has 2 heterocycles. The van der Waals surface area contributed by atoms with Crippen molar-refractivity contribution in [2.45, 2.75) is 11.3 Å². The molecule has 3 aromatic carbocycles. The van der Waals surface area contributed by atoms with E-state index >= 15 is 0 Å². The maximum Gasteiger partial charge on any atom is 0.264 e. The summed E-state index contributed by atoms with van der Waals surface area (Å²) < 4.78 is 29.0. The molecule has 1 aliphatic rings. The molecule has 0 N–H and O–H groups in total. The molecule has 0 saturated carbocycles.